The van der Waals surface area contributed by atoms with Crippen molar-refractivity contribution >= 4 is 39.9 Å². The van der Waals surface area contributed by atoms with Crippen molar-refractivity contribution in [1.82, 2.24) is 0 Å². The number of rotatable bonds is 5. The van der Waals surface area contributed by atoms with Crippen molar-refractivity contribution in [2.24, 2.45) is 0 Å². The summed E-state index contributed by atoms with van der Waals surface area (Å²) < 4.78 is 5.76. The van der Waals surface area contributed by atoms with Crippen molar-refractivity contribution in [3.63, 3.8) is 0 Å². The van der Waals surface area contributed by atoms with Crippen LogP contribution in [-0.4, -0.2) is 16.8 Å². The van der Waals surface area contributed by atoms with Crippen LogP contribution in [0.2, 0.25) is 5.02 Å². The minimum Gasteiger partial charge on any atom is -0.503 e. The predicted octanol–water partition coefficient (Wildman–Crippen LogP) is 6.43. The first-order valence-corrected chi connectivity index (χ1v) is 11.0. The van der Waals surface area contributed by atoms with Gasteiger partial charge in [-0.1, -0.05) is 61.0 Å². The van der Waals surface area contributed by atoms with Gasteiger partial charge in [-0.15, -0.1) is 0 Å². The number of carbonyl (C=O) groups excluding carboxylic acids is 2. The maximum atomic E-state index is 13.6. The lowest BCUT2D eigenvalue weighted by Crippen LogP contribution is -2.31. The van der Waals surface area contributed by atoms with Crippen LogP contribution in [-0.2, 0) is 11.2 Å². The molecule has 0 fully saturated rings. The van der Waals surface area contributed by atoms with Crippen LogP contribution in [0.15, 0.2) is 94.6 Å². The third-order valence-corrected chi connectivity index (χ3v) is 6.13. The van der Waals surface area contributed by atoms with Gasteiger partial charge in [-0.2, -0.15) is 0 Å². The molecule has 1 unspecified atom stereocenters. The third kappa shape index (κ3) is 3.60. The minimum absolute atomic E-state index is 0.0155. The summed E-state index contributed by atoms with van der Waals surface area (Å²) >= 11 is 6.06. The molecule has 3 aromatic carbocycles. The molecule has 1 aliphatic rings. The fourth-order valence-corrected chi connectivity index (χ4v) is 4.38. The highest BCUT2D eigenvalue weighted by atomic mass is 35.5. The fourth-order valence-electron chi connectivity index (χ4n) is 4.20. The van der Waals surface area contributed by atoms with Gasteiger partial charge in [-0.05, 0) is 53.9 Å². The molecule has 1 atom stereocenters. The molecule has 0 saturated heterocycles. The summed E-state index contributed by atoms with van der Waals surface area (Å²) in [4.78, 5) is 28.3. The number of benzene rings is 3. The quantitative estimate of drug-likeness (QED) is 0.350. The number of amides is 1. The number of aryl methyl sites for hydroxylation is 1. The van der Waals surface area contributed by atoms with Gasteiger partial charge in [0.1, 0.15) is 5.58 Å². The van der Waals surface area contributed by atoms with Crippen LogP contribution in [0.3, 0.4) is 0 Å². The van der Waals surface area contributed by atoms with E-state index in [-0.39, 0.29) is 11.3 Å². The molecule has 0 aliphatic carbocycles. The van der Waals surface area contributed by atoms with Crippen LogP contribution < -0.4 is 4.90 Å². The van der Waals surface area contributed by atoms with Gasteiger partial charge in [0.2, 0.25) is 5.78 Å². The Hall–Kier alpha value is -3.83. The van der Waals surface area contributed by atoms with Crippen molar-refractivity contribution in [2.45, 2.75) is 19.4 Å². The smallest absolute Gasteiger partial charge is 0.294 e. The Bertz CT molecular complexity index is 1400. The molecule has 5 rings (SSSR count). The Morgan fingerprint density at radius 3 is 2.45 bits per heavy atom. The minimum atomic E-state index is -0.796. The molecule has 0 saturated carbocycles. The zero-order valence-electron chi connectivity index (χ0n) is 17.8. The summed E-state index contributed by atoms with van der Waals surface area (Å²) in [7, 11) is 0. The van der Waals surface area contributed by atoms with Crippen LogP contribution in [0.4, 0.5) is 5.69 Å². The Kier molecular flexibility index (Phi) is 5.27. The molecule has 1 aliphatic heterocycles. The molecule has 5 nitrogen and oxygen atoms in total. The van der Waals surface area contributed by atoms with Gasteiger partial charge >= 0.3 is 0 Å². The van der Waals surface area contributed by atoms with E-state index in [1.807, 2.05) is 30.3 Å². The molecular weight excluding hydrogens is 438 g/mol. The molecule has 1 aromatic heterocycles. The fraction of sp³-hybridized carbons (Fsp3) is 0.111. The molecule has 4 aromatic rings. The highest BCUT2D eigenvalue weighted by Crippen LogP contribution is 2.42. The second-order valence-corrected chi connectivity index (χ2v) is 8.33. The first-order valence-electron chi connectivity index (χ1n) is 10.6. The summed E-state index contributed by atoms with van der Waals surface area (Å²) in [6.07, 6.45) is 0.862. The number of anilines is 1. The molecule has 33 heavy (non-hydrogen) atoms. The number of aliphatic hydroxyl groups is 1. The number of fused-ring (bicyclic) bond motifs is 1. The lowest BCUT2D eigenvalue weighted by Gasteiger charge is -2.27. The van der Waals surface area contributed by atoms with Gasteiger partial charge in [-0.3, -0.25) is 14.5 Å². The van der Waals surface area contributed by atoms with Crippen LogP contribution in [0.1, 0.15) is 34.6 Å². The number of nitrogens with zero attached hydrogens (tertiary/aromatic N) is 1. The predicted molar refractivity (Wildman–Crippen MR) is 128 cm³/mol. The number of halogens is 1. The molecule has 164 valence electrons. The van der Waals surface area contributed by atoms with E-state index < -0.39 is 23.5 Å². The zero-order chi connectivity index (χ0) is 23.1. The van der Waals surface area contributed by atoms with Gasteiger partial charge < -0.3 is 9.52 Å². The highest BCUT2D eigenvalue weighted by molar-refractivity contribution is 6.31. The van der Waals surface area contributed by atoms with E-state index in [2.05, 4.69) is 6.92 Å². The summed E-state index contributed by atoms with van der Waals surface area (Å²) in [5, 5.41) is 12.1. The molecule has 0 spiro atoms. The number of hydrogen-bond acceptors (Lipinski definition) is 4. The number of hydrogen-bond donors (Lipinski definition) is 1. The molecule has 2 heterocycles. The Labute approximate surface area is 195 Å². The zero-order valence-corrected chi connectivity index (χ0v) is 18.5. The van der Waals surface area contributed by atoms with Gasteiger partial charge in [0, 0.05) is 16.1 Å². The van der Waals surface area contributed by atoms with Crippen molar-refractivity contribution in [3.8, 4) is 0 Å². The second kappa shape index (κ2) is 8.26. The van der Waals surface area contributed by atoms with Crippen molar-refractivity contribution < 1.29 is 19.1 Å². The molecular formula is C27H20ClNO4. The van der Waals surface area contributed by atoms with Crippen molar-refractivity contribution in [1.29, 1.82) is 0 Å². The maximum Gasteiger partial charge on any atom is 0.294 e. The van der Waals surface area contributed by atoms with Crippen LogP contribution in [0, 0.1) is 0 Å². The largest absolute Gasteiger partial charge is 0.503 e. The number of para-hydroxylation sites is 1. The molecule has 6 heteroatoms. The van der Waals surface area contributed by atoms with E-state index >= 15 is 0 Å². The van der Waals surface area contributed by atoms with E-state index in [0.29, 0.717) is 21.7 Å². The van der Waals surface area contributed by atoms with Crippen LogP contribution in [0.25, 0.3) is 11.0 Å². The van der Waals surface area contributed by atoms with E-state index in [1.54, 1.807) is 48.5 Å². The van der Waals surface area contributed by atoms with Crippen molar-refractivity contribution in [2.75, 3.05) is 4.90 Å². The maximum absolute atomic E-state index is 13.6. The number of aliphatic hydroxyl groups excluding tert-OH is 1. The molecule has 0 bridgehead atoms. The lowest BCUT2D eigenvalue weighted by atomic mass is 9.94. The van der Waals surface area contributed by atoms with E-state index in [1.165, 1.54) is 4.90 Å². The van der Waals surface area contributed by atoms with Crippen molar-refractivity contribution in [3.05, 3.63) is 112 Å². The van der Waals surface area contributed by atoms with E-state index in [4.69, 9.17) is 16.0 Å². The first-order chi connectivity index (χ1) is 16.0. The average molecular weight is 458 g/mol. The van der Waals surface area contributed by atoms with Crippen LogP contribution in [0.5, 0.6) is 0 Å². The van der Waals surface area contributed by atoms with E-state index in [9.17, 15) is 14.7 Å². The standard InChI is InChI=1S/C27H20ClNO4/c1-2-16-8-10-17(11-9-16)24-23(26(31)27(32)29(24)20-6-4-3-5-7-20)25(30)22-15-18-14-19(28)12-13-21(18)33-22/h3-15,24,31H,2H2,1H3. The lowest BCUT2D eigenvalue weighted by molar-refractivity contribution is -0.117. The van der Waals surface area contributed by atoms with Gasteiger partial charge in [0.05, 0.1) is 11.6 Å². The van der Waals surface area contributed by atoms with Gasteiger partial charge in [0.15, 0.2) is 11.5 Å². The number of furan rings is 1. The number of Topliss-reactive ketones (excluding diaryl/α,β-unsaturated/α-hetero) is 1. The molecule has 1 N–H and O–H groups in total. The summed E-state index contributed by atoms with van der Waals surface area (Å²) in [6.45, 7) is 2.05. The Morgan fingerprint density at radius 1 is 1.03 bits per heavy atom. The SMILES string of the molecule is CCc1ccc(C2C(C(=O)c3cc4cc(Cl)ccc4o3)=C(O)C(=O)N2c2ccccc2)cc1. The summed E-state index contributed by atoms with van der Waals surface area (Å²) in [5.41, 5.74) is 2.91. The van der Waals surface area contributed by atoms with Crippen LogP contribution >= 0.6 is 11.6 Å². The molecule has 1 amide bonds. The van der Waals surface area contributed by atoms with Gasteiger partial charge in [-0.25, -0.2) is 0 Å². The highest BCUT2D eigenvalue weighted by Gasteiger charge is 2.45. The molecule has 0 radical (unpaired) electrons. The number of ketones is 1. The van der Waals surface area contributed by atoms with Gasteiger partial charge in [0.25, 0.3) is 5.91 Å². The topological polar surface area (TPSA) is 70.7 Å². The Balaban J connectivity index is 1.65. The third-order valence-electron chi connectivity index (χ3n) is 5.89. The Morgan fingerprint density at radius 2 is 1.76 bits per heavy atom. The summed E-state index contributed by atoms with van der Waals surface area (Å²) in [5.74, 6) is -1.72. The second-order valence-electron chi connectivity index (χ2n) is 7.89. The summed E-state index contributed by atoms with van der Waals surface area (Å²) in [6, 6.07) is 22.5. The average Bonchev–Trinajstić information content (AvgIpc) is 3.38. The monoisotopic (exact) mass is 457 g/mol. The normalized spacial score (nSPS) is 16.1. The van der Waals surface area contributed by atoms with E-state index in [0.717, 1.165) is 17.5 Å². The number of carbonyl (C=O) groups is 2. The first kappa shape index (κ1) is 21.0.